The van der Waals surface area contributed by atoms with Crippen LogP contribution >= 0.6 is 32.9 Å². The van der Waals surface area contributed by atoms with Crippen molar-refractivity contribution in [1.29, 1.82) is 0 Å². The Kier molecular flexibility index (Phi) is 5.77. The van der Waals surface area contributed by atoms with Gasteiger partial charge in [0.1, 0.15) is 0 Å². The summed E-state index contributed by atoms with van der Waals surface area (Å²) in [6.07, 6.45) is 1.23. The minimum atomic E-state index is -1.37. The lowest BCUT2D eigenvalue weighted by molar-refractivity contribution is 0.403. The molecule has 1 aromatic carbocycles. The SMILES string of the molecule is CO[Si](C)(C)CCCSSc1nc2ccccc2s1. The van der Waals surface area contributed by atoms with Crippen molar-refractivity contribution in [2.75, 3.05) is 12.9 Å². The van der Waals surface area contributed by atoms with Crippen molar-refractivity contribution in [3.63, 3.8) is 0 Å². The monoisotopic (exact) mass is 329 g/mol. The van der Waals surface area contributed by atoms with E-state index in [4.69, 9.17) is 4.43 Å². The van der Waals surface area contributed by atoms with Crippen molar-refractivity contribution in [3.05, 3.63) is 24.3 Å². The van der Waals surface area contributed by atoms with Gasteiger partial charge in [-0.3, -0.25) is 0 Å². The van der Waals surface area contributed by atoms with Crippen LogP contribution in [0.3, 0.4) is 0 Å². The second-order valence-corrected chi connectivity index (χ2v) is 13.0. The number of thiazole rings is 1. The molecule has 0 saturated heterocycles. The molecule has 19 heavy (non-hydrogen) atoms. The van der Waals surface area contributed by atoms with Crippen LogP contribution in [-0.2, 0) is 4.43 Å². The second-order valence-electron chi connectivity index (χ2n) is 4.92. The first-order valence-corrected chi connectivity index (χ1v) is 12.6. The highest BCUT2D eigenvalue weighted by Gasteiger charge is 2.19. The van der Waals surface area contributed by atoms with Crippen LogP contribution in [0.1, 0.15) is 6.42 Å². The average Bonchev–Trinajstić information content (AvgIpc) is 2.81. The van der Waals surface area contributed by atoms with Crippen LogP contribution in [0.15, 0.2) is 28.6 Å². The Bertz CT molecular complexity index is 496. The third kappa shape index (κ3) is 4.79. The molecule has 2 nitrogen and oxygen atoms in total. The molecule has 104 valence electrons. The molecule has 0 radical (unpaired) electrons. The van der Waals surface area contributed by atoms with E-state index in [9.17, 15) is 0 Å². The molecular formula is C13H19NOS3Si. The van der Waals surface area contributed by atoms with Gasteiger partial charge in [-0.2, -0.15) is 0 Å². The molecule has 1 heterocycles. The fraction of sp³-hybridized carbons (Fsp3) is 0.462. The number of aromatic nitrogens is 1. The van der Waals surface area contributed by atoms with Gasteiger partial charge in [-0.05, 0) is 48.5 Å². The smallest absolute Gasteiger partial charge is 0.186 e. The fourth-order valence-electron chi connectivity index (χ4n) is 1.64. The highest BCUT2D eigenvalue weighted by molar-refractivity contribution is 8.77. The van der Waals surface area contributed by atoms with Crippen LogP contribution in [-0.4, -0.2) is 26.2 Å². The first kappa shape index (κ1) is 15.4. The predicted molar refractivity (Wildman–Crippen MR) is 91.9 cm³/mol. The van der Waals surface area contributed by atoms with E-state index in [0.717, 1.165) is 9.86 Å². The van der Waals surface area contributed by atoms with Gasteiger partial charge in [0.15, 0.2) is 12.7 Å². The first-order chi connectivity index (χ1) is 9.11. The molecule has 2 aromatic rings. The molecule has 6 heteroatoms. The maximum absolute atomic E-state index is 5.55. The van der Waals surface area contributed by atoms with Crippen molar-refractivity contribution in [2.24, 2.45) is 0 Å². The third-order valence-electron chi connectivity index (χ3n) is 2.96. The summed E-state index contributed by atoms with van der Waals surface area (Å²) in [6.45, 7) is 4.55. The van der Waals surface area contributed by atoms with Crippen molar-refractivity contribution in [3.8, 4) is 0 Å². The summed E-state index contributed by atoms with van der Waals surface area (Å²) in [4.78, 5) is 4.62. The van der Waals surface area contributed by atoms with E-state index in [1.165, 1.54) is 22.9 Å². The van der Waals surface area contributed by atoms with Crippen LogP contribution in [0.25, 0.3) is 10.2 Å². The number of rotatable bonds is 7. The van der Waals surface area contributed by atoms with E-state index in [-0.39, 0.29) is 0 Å². The van der Waals surface area contributed by atoms with Crippen molar-refractivity contribution < 1.29 is 4.43 Å². The van der Waals surface area contributed by atoms with Crippen LogP contribution in [0.2, 0.25) is 19.1 Å². The van der Waals surface area contributed by atoms with Crippen molar-refractivity contribution >= 4 is 51.5 Å². The zero-order valence-corrected chi connectivity index (χ0v) is 15.0. The zero-order valence-electron chi connectivity index (χ0n) is 11.5. The molecule has 0 saturated carbocycles. The normalized spacial score (nSPS) is 12.2. The molecule has 2 rings (SSSR count). The van der Waals surface area contributed by atoms with E-state index in [0.29, 0.717) is 0 Å². The average molecular weight is 330 g/mol. The lowest BCUT2D eigenvalue weighted by Gasteiger charge is -2.19. The number of benzene rings is 1. The molecule has 0 aliphatic carbocycles. The van der Waals surface area contributed by atoms with Gasteiger partial charge < -0.3 is 4.43 Å². The van der Waals surface area contributed by atoms with Gasteiger partial charge in [-0.15, -0.1) is 11.3 Å². The minimum absolute atomic E-state index is 1.11. The quantitative estimate of drug-likeness (QED) is 0.391. The molecule has 0 spiro atoms. The van der Waals surface area contributed by atoms with Gasteiger partial charge in [0.25, 0.3) is 0 Å². The number of nitrogens with zero attached hydrogens (tertiary/aromatic N) is 1. The van der Waals surface area contributed by atoms with E-state index >= 15 is 0 Å². The summed E-state index contributed by atoms with van der Waals surface area (Å²) in [5, 5.41) is 0. The molecule has 0 N–H and O–H groups in total. The Morgan fingerprint density at radius 3 is 2.84 bits per heavy atom. The summed E-state index contributed by atoms with van der Waals surface area (Å²) in [5.41, 5.74) is 1.11. The molecule has 0 unspecified atom stereocenters. The Morgan fingerprint density at radius 2 is 2.11 bits per heavy atom. The van der Waals surface area contributed by atoms with E-state index < -0.39 is 8.32 Å². The molecule has 0 bridgehead atoms. The van der Waals surface area contributed by atoms with Gasteiger partial charge in [-0.25, -0.2) is 4.98 Å². The molecule has 1 aromatic heterocycles. The Balaban J connectivity index is 1.74. The van der Waals surface area contributed by atoms with Gasteiger partial charge in [-0.1, -0.05) is 22.9 Å². The summed E-state index contributed by atoms with van der Waals surface area (Å²) in [7, 11) is 4.18. The Labute approximate surface area is 127 Å². The van der Waals surface area contributed by atoms with Crippen LogP contribution in [0, 0.1) is 0 Å². The van der Waals surface area contributed by atoms with E-state index in [1.54, 1.807) is 22.1 Å². The second kappa shape index (κ2) is 7.13. The van der Waals surface area contributed by atoms with Gasteiger partial charge in [0.05, 0.1) is 10.2 Å². The van der Waals surface area contributed by atoms with E-state index in [2.05, 4.69) is 36.3 Å². The van der Waals surface area contributed by atoms with Crippen LogP contribution in [0.5, 0.6) is 0 Å². The standard InChI is InChI=1S/C13H19NOS3Si/c1-15-19(2,3)10-6-9-16-18-13-14-11-7-4-5-8-12(11)17-13/h4-5,7-8H,6,9-10H2,1-3H3. The number of hydrogen-bond acceptors (Lipinski definition) is 5. The molecule has 0 fully saturated rings. The molecule has 0 amide bonds. The highest BCUT2D eigenvalue weighted by Crippen LogP contribution is 2.37. The minimum Gasteiger partial charge on any atom is -0.420 e. The highest BCUT2D eigenvalue weighted by atomic mass is 33.1. The molecule has 0 atom stereocenters. The van der Waals surface area contributed by atoms with Gasteiger partial charge in [0, 0.05) is 12.9 Å². The maximum atomic E-state index is 5.55. The van der Waals surface area contributed by atoms with Gasteiger partial charge in [0.2, 0.25) is 0 Å². The number of fused-ring (bicyclic) bond motifs is 1. The molecule has 0 aliphatic rings. The molecule has 0 aliphatic heterocycles. The largest absolute Gasteiger partial charge is 0.420 e. The number of hydrogen-bond donors (Lipinski definition) is 0. The van der Waals surface area contributed by atoms with Crippen molar-refractivity contribution in [1.82, 2.24) is 4.98 Å². The van der Waals surface area contributed by atoms with Gasteiger partial charge >= 0.3 is 0 Å². The maximum Gasteiger partial charge on any atom is 0.186 e. The summed E-state index contributed by atoms with van der Waals surface area (Å²) < 4.78 is 7.99. The topological polar surface area (TPSA) is 22.1 Å². The van der Waals surface area contributed by atoms with Crippen LogP contribution in [0.4, 0.5) is 0 Å². The summed E-state index contributed by atoms with van der Waals surface area (Å²) >= 11 is 1.78. The molecular weight excluding hydrogens is 310 g/mol. The Hall–Kier alpha value is -0.0131. The third-order valence-corrected chi connectivity index (χ3v) is 9.41. The van der Waals surface area contributed by atoms with Crippen LogP contribution < -0.4 is 0 Å². The summed E-state index contributed by atoms with van der Waals surface area (Å²) in [6, 6.07) is 9.55. The summed E-state index contributed by atoms with van der Waals surface area (Å²) in [5.74, 6) is 1.17. The fourth-order valence-corrected chi connectivity index (χ4v) is 6.57. The zero-order chi connectivity index (χ0) is 13.7. The predicted octanol–water partition coefficient (Wildman–Crippen LogP) is 5.28. The lowest BCUT2D eigenvalue weighted by Crippen LogP contribution is -2.28. The lowest BCUT2D eigenvalue weighted by atomic mass is 10.3. The first-order valence-electron chi connectivity index (χ1n) is 6.31. The van der Waals surface area contributed by atoms with Crippen molar-refractivity contribution in [2.45, 2.75) is 29.9 Å². The van der Waals surface area contributed by atoms with E-state index in [1.807, 2.05) is 24.0 Å². The number of para-hydroxylation sites is 1. The Morgan fingerprint density at radius 1 is 1.32 bits per heavy atom.